The van der Waals surface area contributed by atoms with Crippen LogP contribution in [0.15, 0.2) is 53.4 Å². The fourth-order valence-electron chi connectivity index (χ4n) is 3.23. The summed E-state index contributed by atoms with van der Waals surface area (Å²) in [5.74, 6) is -0.282. The Hall–Kier alpha value is -2.41. The molecule has 1 aliphatic carbocycles. The summed E-state index contributed by atoms with van der Waals surface area (Å²) in [6.07, 6.45) is 4.01. The highest BCUT2D eigenvalue weighted by atomic mass is 32.2. The van der Waals surface area contributed by atoms with E-state index in [-0.39, 0.29) is 28.1 Å². The summed E-state index contributed by atoms with van der Waals surface area (Å²) in [4.78, 5) is 12.4. The number of rotatable bonds is 5. The van der Waals surface area contributed by atoms with Gasteiger partial charge in [-0.2, -0.15) is 0 Å². The zero-order valence-electron chi connectivity index (χ0n) is 15.1. The third-order valence-electron chi connectivity index (χ3n) is 4.88. The molecule has 144 valence electrons. The van der Waals surface area contributed by atoms with Gasteiger partial charge < -0.3 is 5.32 Å². The predicted octanol–water partition coefficient (Wildman–Crippen LogP) is 3.94. The van der Waals surface area contributed by atoms with Crippen LogP contribution in [-0.4, -0.2) is 20.4 Å². The zero-order valence-corrected chi connectivity index (χ0v) is 15.9. The first-order valence-electron chi connectivity index (χ1n) is 9.03. The molecule has 0 radical (unpaired) electrons. The van der Waals surface area contributed by atoms with E-state index in [1.54, 1.807) is 6.07 Å². The van der Waals surface area contributed by atoms with E-state index >= 15 is 0 Å². The van der Waals surface area contributed by atoms with Gasteiger partial charge in [0.05, 0.1) is 10.6 Å². The maximum atomic E-state index is 13.7. The van der Waals surface area contributed by atoms with E-state index < -0.39 is 15.8 Å². The molecule has 5 nitrogen and oxygen atoms in total. The number of para-hydroxylation sites is 1. The van der Waals surface area contributed by atoms with Crippen molar-refractivity contribution < 1.29 is 17.6 Å². The first-order chi connectivity index (χ1) is 12.8. The van der Waals surface area contributed by atoms with Gasteiger partial charge in [0, 0.05) is 11.6 Å². The Morgan fingerprint density at radius 3 is 2.44 bits per heavy atom. The zero-order chi connectivity index (χ0) is 19.4. The van der Waals surface area contributed by atoms with E-state index in [1.165, 1.54) is 42.5 Å². The van der Waals surface area contributed by atoms with Crippen molar-refractivity contribution in [2.24, 2.45) is 5.92 Å². The third-order valence-corrected chi connectivity index (χ3v) is 6.24. The predicted molar refractivity (Wildman–Crippen MR) is 103 cm³/mol. The smallest absolute Gasteiger partial charge is 0.262 e. The van der Waals surface area contributed by atoms with Crippen LogP contribution in [0.5, 0.6) is 0 Å². The van der Waals surface area contributed by atoms with E-state index in [1.807, 2.05) is 0 Å². The Kier molecular flexibility index (Phi) is 5.79. The van der Waals surface area contributed by atoms with Gasteiger partial charge in [-0.15, -0.1) is 0 Å². The summed E-state index contributed by atoms with van der Waals surface area (Å²) >= 11 is 0. The summed E-state index contributed by atoms with van der Waals surface area (Å²) in [7, 11) is -4.00. The Labute approximate surface area is 159 Å². The highest BCUT2D eigenvalue weighted by molar-refractivity contribution is 7.92. The number of carbonyl (C=O) groups is 1. The minimum Gasteiger partial charge on any atom is -0.349 e. The minimum atomic E-state index is -4.00. The number of benzene rings is 2. The topological polar surface area (TPSA) is 75.3 Å². The van der Waals surface area contributed by atoms with Crippen LogP contribution in [0.2, 0.25) is 0 Å². The van der Waals surface area contributed by atoms with Crippen molar-refractivity contribution >= 4 is 21.6 Å². The van der Waals surface area contributed by atoms with Crippen LogP contribution >= 0.6 is 0 Å². The van der Waals surface area contributed by atoms with Crippen molar-refractivity contribution in [3.05, 3.63) is 59.9 Å². The molecule has 1 fully saturated rings. The van der Waals surface area contributed by atoms with Crippen LogP contribution in [0.4, 0.5) is 10.1 Å². The molecule has 2 aromatic rings. The molecule has 0 saturated heterocycles. The van der Waals surface area contributed by atoms with Crippen molar-refractivity contribution in [3.63, 3.8) is 0 Å². The van der Waals surface area contributed by atoms with E-state index in [4.69, 9.17) is 0 Å². The van der Waals surface area contributed by atoms with Gasteiger partial charge in [-0.3, -0.25) is 9.52 Å². The lowest BCUT2D eigenvalue weighted by Crippen LogP contribution is -2.37. The van der Waals surface area contributed by atoms with Gasteiger partial charge in [0.25, 0.3) is 15.9 Å². The molecule has 0 bridgehead atoms. The Bertz CT molecular complexity index is 922. The monoisotopic (exact) mass is 390 g/mol. The Morgan fingerprint density at radius 1 is 1.04 bits per heavy atom. The highest BCUT2D eigenvalue weighted by Crippen LogP contribution is 2.24. The second-order valence-electron chi connectivity index (χ2n) is 7.04. The normalized spacial score (nSPS) is 20.1. The number of carbonyl (C=O) groups excluding carboxylic acids is 1. The van der Waals surface area contributed by atoms with Crippen LogP contribution in [0.3, 0.4) is 0 Å². The number of amides is 1. The molecule has 2 N–H and O–H groups in total. The average Bonchev–Trinajstić information content (AvgIpc) is 2.65. The van der Waals surface area contributed by atoms with Gasteiger partial charge in [0.1, 0.15) is 5.82 Å². The Morgan fingerprint density at radius 2 is 1.74 bits per heavy atom. The SMILES string of the molecule is CC1CCC(NC(=O)c2cccc(S(=O)(=O)Nc3ccccc3F)c2)CC1. The van der Waals surface area contributed by atoms with Crippen molar-refractivity contribution in [2.75, 3.05) is 4.72 Å². The van der Waals surface area contributed by atoms with E-state index in [2.05, 4.69) is 17.0 Å². The summed E-state index contributed by atoms with van der Waals surface area (Å²) in [5.41, 5.74) is 0.133. The van der Waals surface area contributed by atoms with E-state index in [9.17, 15) is 17.6 Å². The first-order valence-corrected chi connectivity index (χ1v) is 10.5. The maximum absolute atomic E-state index is 13.7. The fraction of sp³-hybridized carbons (Fsp3) is 0.350. The largest absolute Gasteiger partial charge is 0.349 e. The van der Waals surface area contributed by atoms with Crippen molar-refractivity contribution in [1.29, 1.82) is 0 Å². The number of nitrogens with one attached hydrogen (secondary N) is 2. The summed E-state index contributed by atoms with van der Waals surface area (Å²) in [6.45, 7) is 2.20. The molecule has 1 saturated carbocycles. The van der Waals surface area contributed by atoms with Crippen LogP contribution in [0, 0.1) is 11.7 Å². The Balaban J connectivity index is 1.74. The number of sulfonamides is 1. The maximum Gasteiger partial charge on any atom is 0.262 e. The van der Waals surface area contributed by atoms with Gasteiger partial charge >= 0.3 is 0 Å². The van der Waals surface area contributed by atoms with Gasteiger partial charge in [-0.1, -0.05) is 25.1 Å². The first kappa shape index (κ1) is 19.4. The van der Waals surface area contributed by atoms with Gasteiger partial charge in [-0.25, -0.2) is 12.8 Å². The minimum absolute atomic E-state index is 0.0873. The molecule has 0 heterocycles. The van der Waals surface area contributed by atoms with Crippen molar-refractivity contribution in [3.8, 4) is 0 Å². The van der Waals surface area contributed by atoms with Crippen LogP contribution in [-0.2, 0) is 10.0 Å². The quantitative estimate of drug-likeness (QED) is 0.812. The van der Waals surface area contributed by atoms with Crippen molar-refractivity contribution in [2.45, 2.75) is 43.5 Å². The molecule has 2 aromatic carbocycles. The molecule has 0 unspecified atom stereocenters. The van der Waals surface area contributed by atoms with Gasteiger partial charge in [-0.05, 0) is 61.9 Å². The van der Waals surface area contributed by atoms with Crippen LogP contribution in [0.1, 0.15) is 43.0 Å². The van der Waals surface area contributed by atoms with E-state index in [0.29, 0.717) is 5.92 Å². The number of halogens is 1. The van der Waals surface area contributed by atoms with Gasteiger partial charge in [0.2, 0.25) is 0 Å². The molecule has 27 heavy (non-hydrogen) atoms. The second kappa shape index (κ2) is 8.08. The molecule has 3 rings (SSSR count). The standard InChI is InChI=1S/C20H23FN2O3S/c1-14-9-11-16(12-10-14)22-20(24)15-5-4-6-17(13-15)27(25,26)23-19-8-3-2-7-18(19)21/h2-8,13-14,16,23H,9-12H2,1H3,(H,22,24). The third kappa shape index (κ3) is 4.86. The molecule has 1 amide bonds. The summed E-state index contributed by atoms with van der Waals surface area (Å²) in [5, 5.41) is 2.98. The fourth-order valence-corrected chi connectivity index (χ4v) is 4.34. The van der Waals surface area contributed by atoms with Gasteiger partial charge in [0.15, 0.2) is 0 Å². The van der Waals surface area contributed by atoms with Crippen molar-refractivity contribution in [1.82, 2.24) is 5.32 Å². The molecule has 0 atom stereocenters. The highest BCUT2D eigenvalue weighted by Gasteiger charge is 2.22. The number of anilines is 1. The molecule has 0 spiro atoms. The molecular weight excluding hydrogens is 367 g/mol. The van der Waals surface area contributed by atoms with Crippen LogP contribution in [0.25, 0.3) is 0 Å². The average molecular weight is 390 g/mol. The lowest BCUT2D eigenvalue weighted by atomic mass is 9.87. The number of hydrogen-bond donors (Lipinski definition) is 2. The molecule has 1 aliphatic rings. The molecule has 0 aromatic heterocycles. The van der Waals surface area contributed by atoms with Crippen LogP contribution < -0.4 is 10.0 Å². The molecular formula is C20H23FN2O3S. The molecule has 7 heteroatoms. The second-order valence-corrected chi connectivity index (χ2v) is 8.73. The van der Waals surface area contributed by atoms with E-state index in [0.717, 1.165) is 25.7 Å². The number of hydrogen-bond acceptors (Lipinski definition) is 3. The summed E-state index contributed by atoms with van der Waals surface area (Å²) in [6, 6.07) is 11.4. The lowest BCUT2D eigenvalue weighted by Gasteiger charge is -2.26. The molecule has 0 aliphatic heterocycles. The lowest BCUT2D eigenvalue weighted by molar-refractivity contribution is 0.0923. The summed E-state index contributed by atoms with van der Waals surface area (Å²) < 4.78 is 41.1.